The fourth-order valence-corrected chi connectivity index (χ4v) is 1.74. The van der Waals surface area contributed by atoms with E-state index in [1.165, 1.54) is 6.07 Å². The van der Waals surface area contributed by atoms with Gasteiger partial charge in [-0.3, -0.25) is 0 Å². The molecule has 0 aliphatic rings. The maximum Gasteiger partial charge on any atom is 0.219 e. The van der Waals surface area contributed by atoms with Crippen LogP contribution in [0, 0.1) is 5.82 Å². The second-order valence-corrected chi connectivity index (χ2v) is 4.75. The van der Waals surface area contributed by atoms with Crippen molar-refractivity contribution in [2.75, 3.05) is 0 Å². The van der Waals surface area contributed by atoms with E-state index in [4.69, 9.17) is 10.5 Å². The Morgan fingerprint density at radius 2 is 2.11 bits per heavy atom. The molecule has 94 valence electrons. The lowest BCUT2D eigenvalue weighted by molar-refractivity contribution is 0.460. The molecule has 0 spiro atoms. The van der Waals surface area contributed by atoms with Crippen molar-refractivity contribution in [2.45, 2.75) is 13.0 Å². The Kier molecular flexibility index (Phi) is 3.93. The van der Waals surface area contributed by atoms with Gasteiger partial charge in [-0.2, -0.15) is 0 Å². The Morgan fingerprint density at radius 1 is 1.33 bits per heavy atom. The fourth-order valence-electron chi connectivity index (χ4n) is 1.38. The van der Waals surface area contributed by atoms with Crippen LogP contribution in [0.4, 0.5) is 4.39 Å². The van der Waals surface area contributed by atoms with E-state index in [9.17, 15) is 4.39 Å². The maximum absolute atomic E-state index is 13.0. The molecule has 1 aromatic heterocycles. The molecule has 0 saturated carbocycles. The van der Waals surface area contributed by atoms with E-state index in [-0.39, 0.29) is 11.9 Å². The van der Waals surface area contributed by atoms with Gasteiger partial charge in [0.2, 0.25) is 5.88 Å². The number of nitrogens with zero attached hydrogens (tertiary/aromatic N) is 1. The number of rotatable bonds is 3. The van der Waals surface area contributed by atoms with Crippen LogP contribution in [0.5, 0.6) is 11.6 Å². The Balaban J connectivity index is 2.15. The van der Waals surface area contributed by atoms with Crippen molar-refractivity contribution in [2.24, 2.45) is 5.73 Å². The smallest absolute Gasteiger partial charge is 0.219 e. The first-order valence-corrected chi connectivity index (χ1v) is 6.20. The van der Waals surface area contributed by atoms with E-state index in [0.29, 0.717) is 16.1 Å². The highest BCUT2D eigenvalue weighted by Crippen LogP contribution is 2.25. The minimum atomic E-state index is -0.331. The predicted octanol–water partition coefficient (Wildman–Crippen LogP) is 3.80. The normalized spacial score (nSPS) is 12.2. The summed E-state index contributed by atoms with van der Waals surface area (Å²) in [5, 5.41) is 0. The number of ether oxygens (including phenoxy) is 1. The van der Waals surface area contributed by atoms with Crippen molar-refractivity contribution < 1.29 is 9.13 Å². The van der Waals surface area contributed by atoms with Crippen molar-refractivity contribution in [3.05, 3.63) is 52.4 Å². The molecular formula is C13H12BrFN2O. The number of nitrogens with two attached hydrogens (primary N) is 1. The van der Waals surface area contributed by atoms with Crippen LogP contribution in [0.2, 0.25) is 0 Å². The van der Waals surface area contributed by atoms with Crippen molar-refractivity contribution in [1.82, 2.24) is 4.98 Å². The first kappa shape index (κ1) is 13.0. The van der Waals surface area contributed by atoms with Crippen LogP contribution >= 0.6 is 15.9 Å². The van der Waals surface area contributed by atoms with Gasteiger partial charge in [-0.05, 0) is 46.6 Å². The zero-order chi connectivity index (χ0) is 13.1. The van der Waals surface area contributed by atoms with Crippen LogP contribution in [-0.2, 0) is 0 Å². The van der Waals surface area contributed by atoms with Gasteiger partial charge in [0.25, 0.3) is 0 Å². The molecule has 2 rings (SSSR count). The highest BCUT2D eigenvalue weighted by atomic mass is 79.9. The second-order valence-electron chi connectivity index (χ2n) is 3.90. The van der Waals surface area contributed by atoms with E-state index in [0.717, 1.165) is 5.56 Å². The molecule has 0 unspecified atom stereocenters. The van der Waals surface area contributed by atoms with Crippen molar-refractivity contribution >= 4 is 15.9 Å². The molecule has 5 heteroatoms. The number of halogens is 2. The van der Waals surface area contributed by atoms with Gasteiger partial charge in [0.1, 0.15) is 11.6 Å². The molecule has 1 atom stereocenters. The fraction of sp³-hybridized carbons (Fsp3) is 0.154. The van der Waals surface area contributed by atoms with Crippen molar-refractivity contribution in [3.63, 3.8) is 0 Å². The van der Waals surface area contributed by atoms with E-state index in [1.807, 2.05) is 13.0 Å². The van der Waals surface area contributed by atoms with E-state index in [2.05, 4.69) is 20.9 Å². The highest BCUT2D eigenvalue weighted by Gasteiger charge is 2.04. The standard InChI is InChI=1S/C13H12BrFN2O/c1-8(16)9-2-5-13(17-7-9)18-10-3-4-12(15)11(14)6-10/h2-8H,16H2,1H3/t8-/m1/s1. The molecule has 2 aromatic rings. The number of hydrogen-bond acceptors (Lipinski definition) is 3. The molecule has 1 heterocycles. The van der Waals surface area contributed by atoms with Crippen LogP contribution in [0.1, 0.15) is 18.5 Å². The Hall–Kier alpha value is -1.46. The molecule has 0 radical (unpaired) electrons. The molecular weight excluding hydrogens is 299 g/mol. The zero-order valence-electron chi connectivity index (χ0n) is 9.73. The van der Waals surface area contributed by atoms with Gasteiger partial charge < -0.3 is 10.5 Å². The molecule has 0 bridgehead atoms. The first-order chi connectivity index (χ1) is 8.56. The molecule has 18 heavy (non-hydrogen) atoms. The summed E-state index contributed by atoms with van der Waals surface area (Å²) in [5.74, 6) is 0.629. The molecule has 1 aromatic carbocycles. The van der Waals surface area contributed by atoms with E-state index < -0.39 is 0 Å². The summed E-state index contributed by atoms with van der Waals surface area (Å²) in [6.07, 6.45) is 1.67. The van der Waals surface area contributed by atoms with Gasteiger partial charge in [-0.25, -0.2) is 9.37 Å². The lowest BCUT2D eigenvalue weighted by Crippen LogP contribution is -2.05. The summed E-state index contributed by atoms with van der Waals surface area (Å²) in [7, 11) is 0. The summed E-state index contributed by atoms with van der Waals surface area (Å²) in [6.45, 7) is 1.88. The quantitative estimate of drug-likeness (QED) is 0.938. The Labute approximate surface area is 113 Å². The Morgan fingerprint density at radius 3 is 2.67 bits per heavy atom. The minimum Gasteiger partial charge on any atom is -0.439 e. The predicted molar refractivity (Wildman–Crippen MR) is 71.0 cm³/mol. The third-order valence-corrected chi connectivity index (χ3v) is 3.01. The lowest BCUT2D eigenvalue weighted by Gasteiger charge is -2.08. The van der Waals surface area contributed by atoms with Crippen LogP contribution in [0.15, 0.2) is 41.0 Å². The van der Waals surface area contributed by atoms with Crippen LogP contribution < -0.4 is 10.5 Å². The highest BCUT2D eigenvalue weighted by molar-refractivity contribution is 9.10. The first-order valence-electron chi connectivity index (χ1n) is 5.40. The number of pyridine rings is 1. The summed E-state index contributed by atoms with van der Waals surface area (Å²) in [6, 6.07) is 7.95. The largest absolute Gasteiger partial charge is 0.439 e. The SMILES string of the molecule is C[C@@H](N)c1ccc(Oc2ccc(F)c(Br)c2)nc1. The molecule has 0 aliphatic heterocycles. The summed E-state index contributed by atoms with van der Waals surface area (Å²) in [5.41, 5.74) is 6.66. The van der Waals surface area contributed by atoms with Gasteiger partial charge in [0, 0.05) is 18.3 Å². The van der Waals surface area contributed by atoms with Gasteiger partial charge in [0.05, 0.1) is 4.47 Å². The molecule has 0 amide bonds. The summed E-state index contributed by atoms with van der Waals surface area (Å²) < 4.78 is 18.9. The van der Waals surface area contributed by atoms with Crippen molar-refractivity contribution in [1.29, 1.82) is 0 Å². The number of hydrogen-bond donors (Lipinski definition) is 1. The molecule has 2 N–H and O–H groups in total. The van der Waals surface area contributed by atoms with Crippen molar-refractivity contribution in [3.8, 4) is 11.6 Å². The number of aromatic nitrogens is 1. The Bertz CT molecular complexity index is 543. The van der Waals surface area contributed by atoms with Gasteiger partial charge >= 0.3 is 0 Å². The van der Waals surface area contributed by atoms with Crippen LogP contribution in [-0.4, -0.2) is 4.98 Å². The van der Waals surface area contributed by atoms with E-state index in [1.54, 1.807) is 24.4 Å². The maximum atomic E-state index is 13.0. The van der Waals surface area contributed by atoms with Gasteiger partial charge in [-0.15, -0.1) is 0 Å². The molecule has 0 saturated heterocycles. The average molecular weight is 311 g/mol. The molecule has 3 nitrogen and oxygen atoms in total. The average Bonchev–Trinajstić information content (AvgIpc) is 2.34. The summed E-state index contributed by atoms with van der Waals surface area (Å²) >= 11 is 3.10. The zero-order valence-corrected chi connectivity index (χ0v) is 11.3. The third kappa shape index (κ3) is 3.05. The lowest BCUT2D eigenvalue weighted by atomic mass is 10.2. The summed E-state index contributed by atoms with van der Waals surface area (Å²) in [4.78, 5) is 4.14. The number of benzene rings is 1. The molecule has 0 fully saturated rings. The van der Waals surface area contributed by atoms with E-state index >= 15 is 0 Å². The minimum absolute atomic E-state index is 0.0634. The second kappa shape index (κ2) is 5.46. The van der Waals surface area contributed by atoms with Crippen LogP contribution in [0.25, 0.3) is 0 Å². The molecule has 0 aliphatic carbocycles. The van der Waals surface area contributed by atoms with Gasteiger partial charge in [-0.1, -0.05) is 6.07 Å². The van der Waals surface area contributed by atoms with Gasteiger partial charge in [0.15, 0.2) is 0 Å². The monoisotopic (exact) mass is 310 g/mol. The third-order valence-electron chi connectivity index (χ3n) is 2.40. The van der Waals surface area contributed by atoms with Crippen LogP contribution in [0.3, 0.4) is 0 Å². The topological polar surface area (TPSA) is 48.1 Å².